The van der Waals surface area contributed by atoms with E-state index in [9.17, 15) is 9.59 Å². The van der Waals surface area contributed by atoms with Gasteiger partial charge in [-0.15, -0.1) is 0 Å². The number of fused-ring (bicyclic) bond motifs is 1. The molecule has 1 heterocycles. The van der Waals surface area contributed by atoms with Crippen LogP contribution in [-0.2, 0) is 14.3 Å². The van der Waals surface area contributed by atoms with E-state index in [-0.39, 0.29) is 46.5 Å². The molecule has 122 valence electrons. The Kier molecular flexibility index (Phi) is 3.61. The molecule has 1 N–H and O–H groups in total. The lowest BCUT2D eigenvalue weighted by molar-refractivity contribution is -0.145. The van der Waals surface area contributed by atoms with Crippen LogP contribution in [0.5, 0.6) is 0 Å². The van der Waals surface area contributed by atoms with Crippen LogP contribution in [0.25, 0.3) is 0 Å². The van der Waals surface area contributed by atoms with Crippen molar-refractivity contribution in [2.24, 2.45) is 23.7 Å². The average Bonchev–Trinajstić information content (AvgIpc) is 3.08. The molecule has 6 heteroatoms. The highest BCUT2D eigenvalue weighted by Gasteiger charge is 2.67. The number of amides is 1. The summed E-state index contributed by atoms with van der Waals surface area (Å²) in [7, 11) is 0. The van der Waals surface area contributed by atoms with Crippen LogP contribution in [0, 0.1) is 37.5 Å². The third kappa shape index (κ3) is 2.21. The topological polar surface area (TPSA) is 55.4 Å². The number of hydrogen-bond acceptors (Lipinski definition) is 3. The maximum atomic E-state index is 12.9. The van der Waals surface area contributed by atoms with Crippen molar-refractivity contribution in [1.29, 1.82) is 0 Å². The minimum atomic E-state index is -0.293. The number of hydrogen-bond donors (Lipinski definition) is 1. The molecule has 2 saturated carbocycles. The zero-order valence-corrected chi connectivity index (χ0v) is 16.0. The maximum Gasteiger partial charge on any atom is 0.310 e. The van der Waals surface area contributed by atoms with Gasteiger partial charge in [0.05, 0.1) is 16.7 Å². The lowest BCUT2D eigenvalue weighted by Gasteiger charge is -2.27. The highest BCUT2D eigenvalue weighted by molar-refractivity contribution is 9.10. The smallest absolute Gasteiger partial charge is 0.310 e. The second kappa shape index (κ2) is 5.31. The summed E-state index contributed by atoms with van der Waals surface area (Å²) >= 11 is 7.14. The monoisotopic (exact) mass is 441 g/mol. The third-order valence-corrected chi connectivity index (χ3v) is 7.64. The summed E-state index contributed by atoms with van der Waals surface area (Å²) in [4.78, 5) is 25.1. The molecule has 23 heavy (non-hydrogen) atoms. The van der Waals surface area contributed by atoms with Gasteiger partial charge in [0, 0.05) is 16.1 Å². The van der Waals surface area contributed by atoms with Crippen molar-refractivity contribution in [3.63, 3.8) is 0 Å². The number of ether oxygens (including phenoxy) is 1. The molecule has 4 nitrogen and oxygen atoms in total. The number of benzene rings is 1. The van der Waals surface area contributed by atoms with E-state index in [0.29, 0.717) is 0 Å². The second-order valence-electron chi connectivity index (χ2n) is 6.87. The fourth-order valence-corrected chi connectivity index (χ4v) is 5.96. The van der Waals surface area contributed by atoms with Crippen LogP contribution in [0.4, 0.5) is 5.69 Å². The summed E-state index contributed by atoms with van der Waals surface area (Å²) < 4.78 is 6.49. The molecule has 0 aromatic heterocycles. The minimum Gasteiger partial charge on any atom is -0.461 e. The van der Waals surface area contributed by atoms with Gasteiger partial charge in [0.2, 0.25) is 5.91 Å². The molecular formula is C17H17Br2NO3. The van der Waals surface area contributed by atoms with Crippen molar-refractivity contribution in [2.45, 2.75) is 31.2 Å². The predicted molar refractivity (Wildman–Crippen MR) is 93.4 cm³/mol. The number of anilines is 1. The molecule has 2 bridgehead atoms. The minimum absolute atomic E-state index is 0.0433. The van der Waals surface area contributed by atoms with Gasteiger partial charge in [0.1, 0.15) is 6.10 Å². The summed E-state index contributed by atoms with van der Waals surface area (Å²) in [5.41, 5.74) is 2.88. The molecule has 4 rings (SSSR count). The van der Waals surface area contributed by atoms with Crippen molar-refractivity contribution < 1.29 is 14.3 Å². The Morgan fingerprint density at radius 3 is 2.74 bits per heavy atom. The van der Waals surface area contributed by atoms with Gasteiger partial charge < -0.3 is 10.1 Å². The second-order valence-corrected chi connectivity index (χ2v) is 8.78. The molecule has 0 spiro atoms. The summed E-state index contributed by atoms with van der Waals surface area (Å²) in [6, 6.07) is 3.96. The molecule has 1 aromatic carbocycles. The Morgan fingerprint density at radius 2 is 2.00 bits per heavy atom. The first kappa shape index (κ1) is 15.6. The van der Waals surface area contributed by atoms with Crippen LogP contribution in [0.15, 0.2) is 16.6 Å². The predicted octanol–water partition coefficient (Wildman–Crippen LogP) is 3.58. The zero-order chi connectivity index (χ0) is 16.5. The van der Waals surface area contributed by atoms with Gasteiger partial charge in [-0.05, 0) is 49.4 Å². The maximum absolute atomic E-state index is 12.9. The van der Waals surface area contributed by atoms with Gasteiger partial charge in [-0.3, -0.25) is 9.59 Å². The van der Waals surface area contributed by atoms with Gasteiger partial charge in [-0.2, -0.15) is 0 Å². The van der Waals surface area contributed by atoms with Gasteiger partial charge in [0.25, 0.3) is 0 Å². The van der Waals surface area contributed by atoms with Crippen LogP contribution in [-0.4, -0.2) is 22.8 Å². The van der Waals surface area contributed by atoms with E-state index in [2.05, 4.69) is 37.2 Å². The van der Waals surface area contributed by atoms with Crippen molar-refractivity contribution >= 4 is 49.4 Å². The van der Waals surface area contributed by atoms with Crippen LogP contribution in [0.2, 0.25) is 0 Å². The Hall–Kier alpha value is -0.880. The molecule has 0 radical (unpaired) electrons. The fraction of sp³-hybridized carbons (Fsp3) is 0.529. The van der Waals surface area contributed by atoms with E-state index in [1.807, 2.05) is 26.0 Å². The zero-order valence-electron chi connectivity index (χ0n) is 12.8. The largest absolute Gasteiger partial charge is 0.461 e. The molecule has 1 aromatic rings. The molecule has 6 unspecified atom stereocenters. The Bertz CT molecular complexity index is 720. The first-order valence-electron chi connectivity index (χ1n) is 7.80. The number of halogens is 2. The summed E-state index contributed by atoms with van der Waals surface area (Å²) in [5.74, 6) is -0.448. The highest BCUT2D eigenvalue weighted by Crippen LogP contribution is 2.60. The van der Waals surface area contributed by atoms with Crippen molar-refractivity contribution in [3.8, 4) is 0 Å². The van der Waals surface area contributed by atoms with Crippen molar-refractivity contribution in [2.75, 3.05) is 5.32 Å². The van der Waals surface area contributed by atoms with E-state index in [0.717, 1.165) is 27.7 Å². The van der Waals surface area contributed by atoms with Gasteiger partial charge in [-0.25, -0.2) is 0 Å². The molecule has 2 aliphatic carbocycles. The standard InChI is InChI=1S/C17H17Br2NO3/c1-6-4-11(7(2)3-10(6)18)20-16(21)12-8-5-9-13(12)17(22)23-15(9)14(8)19/h3-4,8-9,12-15H,5H2,1-2H3,(H,20,21). The van der Waals surface area contributed by atoms with E-state index < -0.39 is 0 Å². The van der Waals surface area contributed by atoms with Gasteiger partial charge in [0.15, 0.2) is 0 Å². The van der Waals surface area contributed by atoms with E-state index in [1.165, 1.54) is 0 Å². The number of esters is 1. The molecule has 3 aliphatic rings. The highest BCUT2D eigenvalue weighted by atomic mass is 79.9. The lowest BCUT2D eigenvalue weighted by atomic mass is 9.79. The van der Waals surface area contributed by atoms with Crippen molar-refractivity contribution in [3.05, 3.63) is 27.7 Å². The number of nitrogens with one attached hydrogen (secondary N) is 1. The van der Waals surface area contributed by atoms with Crippen LogP contribution < -0.4 is 5.32 Å². The summed E-state index contributed by atoms with van der Waals surface area (Å²) in [5, 5.41) is 3.04. The Morgan fingerprint density at radius 1 is 1.26 bits per heavy atom. The molecule has 3 fully saturated rings. The average molecular weight is 443 g/mol. The lowest BCUT2D eigenvalue weighted by Crippen LogP contribution is -2.40. The fourth-order valence-electron chi connectivity index (χ4n) is 4.46. The molecule has 1 aliphatic heterocycles. The number of carbonyl (C=O) groups excluding carboxylic acids is 2. The first-order valence-corrected chi connectivity index (χ1v) is 9.51. The quantitative estimate of drug-likeness (QED) is 0.562. The number of aryl methyl sites for hydroxylation is 2. The van der Waals surface area contributed by atoms with Gasteiger partial charge >= 0.3 is 5.97 Å². The Labute approximate surface area is 151 Å². The van der Waals surface area contributed by atoms with E-state index in [4.69, 9.17) is 4.74 Å². The number of carbonyl (C=O) groups is 2. The van der Waals surface area contributed by atoms with Crippen LogP contribution in [0.3, 0.4) is 0 Å². The van der Waals surface area contributed by atoms with Crippen LogP contribution >= 0.6 is 31.9 Å². The summed E-state index contributed by atoms with van der Waals surface area (Å²) in [6.45, 7) is 3.96. The Balaban J connectivity index is 1.61. The van der Waals surface area contributed by atoms with Crippen molar-refractivity contribution in [1.82, 2.24) is 0 Å². The van der Waals surface area contributed by atoms with E-state index >= 15 is 0 Å². The van der Waals surface area contributed by atoms with Gasteiger partial charge in [-0.1, -0.05) is 31.9 Å². The molecular weight excluding hydrogens is 426 g/mol. The molecule has 6 atom stereocenters. The molecule has 1 amide bonds. The van der Waals surface area contributed by atoms with E-state index in [1.54, 1.807) is 0 Å². The first-order chi connectivity index (χ1) is 10.9. The third-order valence-electron chi connectivity index (χ3n) is 5.59. The molecule has 1 saturated heterocycles. The number of rotatable bonds is 2. The number of alkyl halides is 1. The normalized spacial score (nSPS) is 37.1. The summed E-state index contributed by atoms with van der Waals surface area (Å²) in [6.07, 6.45) is 0.853. The SMILES string of the molecule is Cc1cc(NC(=O)C2C3CC4C(OC(=O)C42)C3Br)c(C)cc1Br. The van der Waals surface area contributed by atoms with Crippen LogP contribution in [0.1, 0.15) is 17.5 Å².